The van der Waals surface area contributed by atoms with Crippen LogP contribution in [-0.2, 0) is 11.3 Å². The van der Waals surface area contributed by atoms with E-state index in [1.807, 2.05) is 19.1 Å². The Morgan fingerprint density at radius 2 is 1.86 bits per heavy atom. The Morgan fingerprint density at radius 1 is 1.19 bits per heavy atom. The monoisotopic (exact) mass is 305 g/mol. The van der Waals surface area contributed by atoms with Crippen LogP contribution in [0.4, 0.5) is 5.69 Å². The number of aryl methyl sites for hydroxylation is 1. The third kappa shape index (κ3) is 4.13. The largest absolute Gasteiger partial charge is 0.508 e. The fourth-order valence-electron chi connectivity index (χ4n) is 2.10. The van der Waals surface area contributed by atoms with Crippen LogP contribution in [0.3, 0.4) is 0 Å². The Kier molecular flexibility index (Phi) is 4.70. The van der Waals surface area contributed by atoms with E-state index in [0.717, 1.165) is 11.3 Å². The lowest BCUT2D eigenvalue weighted by atomic mass is 10.1. The first-order valence-electron chi connectivity index (χ1n) is 6.46. The number of carboxylic acid groups (broad SMARTS) is 1. The minimum atomic E-state index is -0.933. The van der Waals surface area contributed by atoms with Crippen molar-refractivity contribution in [2.24, 2.45) is 0 Å². The Morgan fingerprint density at radius 3 is 2.48 bits per heavy atom. The van der Waals surface area contributed by atoms with Gasteiger partial charge in [-0.1, -0.05) is 29.3 Å². The Balaban J connectivity index is 2.30. The van der Waals surface area contributed by atoms with Crippen LogP contribution in [0.5, 0.6) is 5.75 Å². The van der Waals surface area contributed by atoms with Gasteiger partial charge >= 0.3 is 5.97 Å². The number of aromatic hydroxyl groups is 1. The molecule has 2 rings (SSSR count). The molecular weight excluding hydrogens is 290 g/mol. The van der Waals surface area contributed by atoms with E-state index in [-0.39, 0.29) is 12.3 Å². The molecule has 2 aromatic rings. The molecule has 110 valence electrons. The number of phenols is 1. The number of hydrogen-bond acceptors (Lipinski definition) is 3. The fraction of sp³-hybridized carbons (Fsp3) is 0.188. The summed E-state index contributed by atoms with van der Waals surface area (Å²) < 4.78 is 0. The minimum absolute atomic E-state index is 0.157. The van der Waals surface area contributed by atoms with Crippen LogP contribution in [-0.4, -0.2) is 22.7 Å². The first-order valence-corrected chi connectivity index (χ1v) is 6.84. The van der Waals surface area contributed by atoms with E-state index in [1.165, 1.54) is 0 Å². The lowest BCUT2D eigenvalue weighted by molar-refractivity contribution is -0.135. The number of anilines is 1. The summed E-state index contributed by atoms with van der Waals surface area (Å²) in [5.74, 6) is -0.776. The molecule has 0 aromatic heterocycles. The third-order valence-electron chi connectivity index (χ3n) is 3.11. The smallest absolute Gasteiger partial charge is 0.323 e. The number of hydrogen-bond donors (Lipinski definition) is 2. The average molecular weight is 306 g/mol. The molecule has 4 nitrogen and oxygen atoms in total. The molecule has 0 spiro atoms. The van der Waals surface area contributed by atoms with Gasteiger partial charge in [-0.15, -0.1) is 0 Å². The van der Waals surface area contributed by atoms with Crippen LogP contribution in [0.25, 0.3) is 0 Å². The van der Waals surface area contributed by atoms with Crippen molar-refractivity contribution in [1.82, 2.24) is 0 Å². The van der Waals surface area contributed by atoms with Crippen molar-refractivity contribution >= 4 is 23.3 Å². The van der Waals surface area contributed by atoms with E-state index in [1.54, 1.807) is 35.2 Å². The van der Waals surface area contributed by atoms with Gasteiger partial charge in [-0.05, 0) is 37.3 Å². The molecule has 0 saturated heterocycles. The summed E-state index contributed by atoms with van der Waals surface area (Å²) in [6, 6.07) is 12.2. The molecule has 0 aliphatic rings. The lowest BCUT2D eigenvalue weighted by Crippen LogP contribution is -2.29. The number of aliphatic carboxylic acids is 1. The number of carboxylic acids is 1. The number of nitrogens with zero attached hydrogens (tertiary/aromatic N) is 1. The molecule has 21 heavy (non-hydrogen) atoms. The maximum atomic E-state index is 11.1. The van der Waals surface area contributed by atoms with Gasteiger partial charge < -0.3 is 15.1 Å². The van der Waals surface area contributed by atoms with Gasteiger partial charge in [-0.25, -0.2) is 0 Å². The minimum Gasteiger partial charge on any atom is -0.508 e. The van der Waals surface area contributed by atoms with E-state index in [0.29, 0.717) is 17.1 Å². The SMILES string of the molecule is Cc1ccc(O)c(CN(CC(=O)O)c2ccc(Cl)cc2)c1. The van der Waals surface area contributed by atoms with Crippen LogP contribution < -0.4 is 4.90 Å². The van der Waals surface area contributed by atoms with Crippen molar-refractivity contribution in [2.75, 3.05) is 11.4 Å². The van der Waals surface area contributed by atoms with E-state index in [9.17, 15) is 9.90 Å². The highest BCUT2D eigenvalue weighted by molar-refractivity contribution is 6.30. The van der Waals surface area contributed by atoms with E-state index < -0.39 is 5.97 Å². The van der Waals surface area contributed by atoms with Crippen LogP contribution in [0.1, 0.15) is 11.1 Å². The molecule has 2 aromatic carbocycles. The Labute approximate surface area is 128 Å². The molecule has 0 fully saturated rings. The maximum Gasteiger partial charge on any atom is 0.323 e. The van der Waals surface area contributed by atoms with E-state index in [4.69, 9.17) is 16.7 Å². The van der Waals surface area contributed by atoms with Gasteiger partial charge in [0.2, 0.25) is 0 Å². The molecular formula is C16H16ClNO3. The van der Waals surface area contributed by atoms with Crippen LogP contribution in [0, 0.1) is 6.92 Å². The zero-order chi connectivity index (χ0) is 15.4. The van der Waals surface area contributed by atoms with Gasteiger partial charge in [0.05, 0.1) is 0 Å². The number of rotatable bonds is 5. The van der Waals surface area contributed by atoms with Crippen molar-refractivity contribution < 1.29 is 15.0 Å². The third-order valence-corrected chi connectivity index (χ3v) is 3.37. The molecule has 0 amide bonds. The van der Waals surface area contributed by atoms with Crippen LogP contribution >= 0.6 is 11.6 Å². The van der Waals surface area contributed by atoms with Crippen molar-refractivity contribution in [1.29, 1.82) is 0 Å². The molecule has 5 heteroatoms. The first kappa shape index (κ1) is 15.2. The van der Waals surface area contributed by atoms with E-state index in [2.05, 4.69) is 0 Å². The summed E-state index contributed by atoms with van der Waals surface area (Å²) in [6.07, 6.45) is 0. The van der Waals surface area contributed by atoms with Crippen molar-refractivity contribution in [2.45, 2.75) is 13.5 Å². The second kappa shape index (κ2) is 6.50. The lowest BCUT2D eigenvalue weighted by Gasteiger charge is -2.23. The molecule has 0 radical (unpaired) electrons. The van der Waals surface area contributed by atoms with Crippen LogP contribution in [0.2, 0.25) is 5.02 Å². The number of benzene rings is 2. The molecule has 0 heterocycles. The number of halogens is 1. The summed E-state index contributed by atoms with van der Waals surface area (Å²) in [4.78, 5) is 12.7. The standard InChI is InChI=1S/C16H16ClNO3/c1-11-2-7-15(19)12(8-11)9-18(10-16(20)21)14-5-3-13(17)4-6-14/h2-8,19H,9-10H2,1H3,(H,20,21). The normalized spacial score (nSPS) is 10.4. The van der Waals surface area contributed by atoms with Gasteiger partial charge in [0.1, 0.15) is 12.3 Å². The predicted octanol–water partition coefficient (Wildman–Crippen LogP) is 3.45. The second-order valence-corrected chi connectivity index (χ2v) is 5.29. The molecule has 2 N–H and O–H groups in total. The molecule has 0 aliphatic carbocycles. The summed E-state index contributed by atoms with van der Waals surface area (Å²) in [7, 11) is 0. The highest BCUT2D eigenvalue weighted by Crippen LogP contribution is 2.24. The summed E-state index contributed by atoms with van der Waals surface area (Å²) in [5, 5.41) is 19.6. The molecule has 0 aliphatic heterocycles. The zero-order valence-electron chi connectivity index (χ0n) is 11.6. The van der Waals surface area contributed by atoms with Gasteiger partial charge in [-0.2, -0.15) is 0 Å². The summed E-state index contributed by atoms with van der Waals surface area (Å²) >= 11 is 5.85. The Bertz CT molecular complexity index is 640. The fourth-order valence-corrected chi connectivity index (χ4v) is 2.23. The van der Waals surface area contributed by atoms with Gasteiger partial charge in [-0.3, -0.25) is 4.79 Å². The maximum absolute atomic E-state index is 11.1. The molecule has 0 atom stereocenters. The second-order valence-electron chi connectivity index (χ2n) is 4.86. The molecule has 0 bridgehead atoms. The van der Waals surface area contributed by atoms with Gasteiger partial charge in [0, 0.05) is 22.8 Å². The Hall–Kier alpha value is -2.20. The quantitative estimate of drug-likeness (QED) is 0.888. The van der Waals surface area contributed by atoms with Crippen LogP contribution in [0.15, 0.2) is 42.5 Å². The summed E-state index contributed by atoms with van der Waals surface area (Å²) in [6.45, 7) is 2.07. The number of phenolic OH excluding ortho intramolecular Hbond substituents is 1. The summed E-state index contributed by atoms with van der Waals surface area (Å²) in [5.41, 5.74) is 2.43. The average Bonchev–Trinajstić information content (AvgIpc) is 2.42. The van der Waals surface area contributed by atoms with E-state index >= 15 is 0 Å². The first-order chi connectivity index (χ1) is 9.95. The molecule has 0 saturated carbocycles. The van der Waals surface area contributed by atoms with Gasteiger partial charge in [0.25, 0.3) is 0 Å². The van der Waals surface area contributed by atoms with Gasteiger partial charge in [0.15, 0.2) is 0 Å². The van der Waals surface area contributed by atoms with Crippen molar-refractivity contribution in [3.05, 3.63) is 58.6 Å². The highest BCUT2D eigenvalue weighted by atomic mass is 35.5. The molecule has 0 unspecified atom stereocenters. The topological polar surface area (TPSA) is 60.8 Å². The van der Waals surface area contributed by atoms with Crippen molar-refractivity contribution in [3.8, 4) is 5.75 Å². The zero-order valence-corrected chi connectivity index (χ0v) is 12.3. The highest BCUT2D eigenvalue weighted by Gasteiger charge is 2.13. The van der Waals surface area contributed by atoms with Crippen molar-refractivity contribution in [3.63, 3.8) is 0 Å². The predicted molar refractivity (Wildman–Crippen MR) is 83.0 cm³/mol. The number of carbonyl (C=O) groups is 1.